The first-order chi connectivity index (χ1) is 10.9. The standard InChI is InChI=1S/C21H40N2/c1-8-13-16(11-4)18-19(17(12-5)14-9-2)23-20(22-18)21(6,7)15-10-3/h16-17H,8-15H2,1-7H3,(H,22,23). The van der Waals surface area contributed by atoms with E-state index in [1.165, 1.54) is 68.6 Å². The molecule has 1 aromatic heterocycles. The van der Waals surface area contributed by atoms with Gasteiger partial charge in [-0.3, -0.25) is 0 Å². The lowest BCUT2D eigenvalue weighted by molar-refractivity contribution is 0.445. The molecule has 0 saturated carbocycles. The molecule has 134 valence electrons. The van der Waals surface area contributed by atoms with E-state index in [2.05, 4.69) is 53.5 Å². The average Bonchev–Trinajstić information content (AvgIpc) is 2.96. The molecule has 1 aromatic rings. The minimum Gasteiger partial charge on any atom is -0.345 e. The maximum atomic E-state index is 5.19. The van der Waals surface area contributed by atoms with Gasteiger partial charge in [-0.1, -0.05) is 67.7 Å². The van der Waals surface area contributed by atoms with Crippen molar-refractivity contribution in [1.29, 1.82) is 0 Å². The topological polar surface area (TPSA) is 28.7 Å². The summed E-state index contributed by atoms with van der Waals surface area (Å²) in [7, 11) is 0. The van der Waals surface area contributed by atoms with Crippen LogP contribution < -0.4 is 0 Å². The molecule has 0 aliphatic rings. The molecule has 2 nitrogen and oxygen atoms in total. The van der Waals surface area contributed by atoms with Gasteiger partial charge >= 0.3 is 0 Å². The van der Waals surface area contributed by atoms with Crippen molar-refractivity contribution in [3.05, 3.63) is 17.2 Å². The van der Waals surface area contributed by atoms with Gasteiger partial charge in [0.1, 0.15) is 5.82 Å². The van der Waals surface area contributed by atoms with Crippen molar-refractivity contribution in [3.8, 4) is 0 Å². The van der Waals surface area contributed by atoms with E-state index in [0.717, 1.165) is 0 Å². The monoisotopic (exact) mass is 320 g/mol. The van der Waals surface area contributed by atoms with Crippen LogP contribution in [0.25, 0.3) is 0 Å². The largest absolute Gasteiger partial charge is 0.345 e. The predicted molar refractivity (Wildman–Crippen MR) is 102 cm³/mol. The molecule has 23 heavy (non-hydrogen) atoms. The summed E-state index contributed by atoms with van der Waals surface area (Å²) in [6.45, 7) is 16.2. The Labute approximate surface area is 144 Å². The number of hydrogen-bond acceptors (Lipinski definition) is 1. The van der Waals surface area contributed by atoms with Gasteiger partial charge in [-0.2, -0.15) is 0 Å². The fraction of sp³-hybridized carbons (Fsp3) is 0.857. The number of rotatable bonds is 11. The lowest BCUT2D eigenvalue weighted by Crippen LogP contribution is -2.19. The summed E-state index contributed by atoms with van der Waals surface area (Å²) in [4.78, 5) is 8.99. The second kappa shape index (κ2) is 9.49. The molecular formula is C21H40N2. The average molecular weight is 321 g/mol. The molecule has 0 aromatic carbocycles. The van der Waals surface area contributed by atoms with Crippen molar-refractivity contribution in [2.45, 2.75) is 117 Å². The van der Waals surface area contributed by atoms with E-state index in [-0.39, 0.29) is 5.41 Å². The van der Waals surface area contributed by atoms with Crippen molar-refractivity contribution in [1.82, 2.24) is 9.97 Å². The van der Waals surface area contributed by atoms with Gasteiger partial charge in [-0.05, 0) is 32.1 Å². The Bertz CT molecular complexity index is 413. The molecule has 0 saturated heterocycles. The second-order valence-corrected chi connectivity index (χ2v) is 7.81. The van der Waals surface area contributed by atoms with Gasteiger partial charge in [0.2, 0.25) is 0 Å². The second-order valence-electron chi connectivity index (χ2n) is 7.81. The summed E-state index contributed by atoms with van der Waals surface area (Å²) in [5.41, 5.74) is 2.99. The van der Waals surface area contributed by atoms with Gasteiger partial charge in [0.05, 0.1) is 5.69 Å². The SMILES string of the molecule is CCCC(CC)c1nc(C(C)(C)CCC)[nH]c1C(CC)CCC. The predicted octanol–water partition coefficient (Wildman–Crippen LogP) is 7.07. The van der Waals surface area contributed by atoms with Gasteiger partial charge < -0.3 is 4.98 Å². The Morgan fingerprint density at radius 3 is 1.91 bits per heavy atom. The number of nitrogens with one attached hydrogen (secondary N) is 1. The maximum absolute atomic E-state index is 5.19. The summed E-state index contributed by atoms with van der Waals surface area (Å²) in [6, 6.07) is 0. The van der Waals surface area contributed by atoms with E-state index in [1.54, 1.807) is 0 Å². The van der Waals surface area contributed by atoms with E-state index >= 15 is 0 Å². The van der Waals surface area contributed by atoms with E-state index in [1.807, 2.05) is 0 Å². The third-order valence-corrected chi connectivity index (χ3v) is 5.33. The van der Waals surface area contributed by atoms with Crippen molar-refractivity contribution in [3.63, 3.8) is 0 Å². The Morgan fingerprint density at radius 2 is 1.43 bits per heavy atom. The van der Waals surface area contributed by atoms with Crippen LogP contribution in [0.4, 0.5) is 0 Å². The molecule has 2 heteroatoms. The van der Waals surface area contributed by atoms with Gasteiger partial charge in [0, 0.05) is 22.9 Å². The summed E-state index contributed by atoms with van der Waals surface area (Å²) in [5.74, 6) is 2.47. The highest BCUT2D eigenvalue weighted by Crippen LogP contribution is 2.36. The summed E-state index contributed by atoms with van der Waals surface area (Å²) in [5, 5.41) is 0. The smallest absolute Gasteiger partial charge is 0.112 e. The van der Waals surface area contributed by atoms with E-state index in [9.17, 15) is 0 Å². The van der Waals surface area contributed by atoms with Crippen molar-refractivity contribution >= 4 is 0 Å². The molecule has 1 rings (SSSR count). The van der Waals surface area contributed by atoms with Gasteiger partial charge in [0.25, 0.3) is 0 Å². The zero-order chi connectivity index (χ0) is 17.5. The Hall–Kier alpha value is -0.790. The number of aromatic amines is 1. The quantitative estimate of drug-likeness (QED) is 0.464. The zero-order valence-electron chi connectivity index (χ0n) is 16.8. The Balaban J connectivity index is 3.30. The van der Waals surface area contributed by atoms with Crippen LogP contribution in [-0.2, 0) is 5.41 Å². The maximum Gasteiger partial charge on any atom is 0.112 e. The van der Waals surface area contributed by atoms with Gasteiger partial charge in [-0.25, -0.2) is 4.98 Å². The van der Waals surface area contributed by atoms with Gasteiger partial charge in [-0.15, -0.1) is 0 Å². The number of nitrogens with zero attached hydrogens (tertiary/aromatic N) is 1. The van der Waals surface area contributed by atoms with Crippen LogP contribution in [0.15, 0.2) is 0 Å². The number of H-pyrrole nitrogens is 1. The molecule has 0 aliphatic carbocycles. The molecule has 0 fully saturated rings. The van der Waals surface area contributed by atoms with Crippen LogP contribution >= 0.6 is 0 Å². The number of hydrogen-bond donors (Lipinski definition) is 1. The van der Waals surface area contributed by atoms with Crippen LogP contribution in [0.2, 0.25) is 0 Å². The highest BCUT2D eigenvalue weighted by Gasteiger charge is 2.29. The van der Waals surface area contributed by atoms with Crippen molar-refractivity contribution in [2.75, 3.05) is 0 Å². The minimum atomic E-state index is 0.150. The van der Waals surface area contributed by atoms with E-state index < -0.39 is 0 Å². The van der Waals surface area contributed by atoms with E-state index in [0.29, 0.717) is 11.8 Å². The molecule has 2 atom stereocenters. The first kappa shape index (κ1) is 20.3. The molecule has 0 amide bonds. The first-order valence-electron chi connectivity index (χ1n) is 10.0. The van der Waals surface area contributed by atoms with Crippen molar-refractivity contribution in [2.24, 2.45) is 0 Å². The van der Waals surface area contributed by atoms with Crippen LogP contribution in [0.1, 0.15) is 129 Å². The third-order valence-electron chi connectivity index (χ3n) is 5.33. The lowest BCUT2D eigenvalue weighted by atomic mass is 9.87. The third kappa shape index (κ3) is 5.09. The van der Waals surface area contributed by atoms with E-state index in [4.69, 9.17) is 4.98 Å². The normalized spacial score (nSPS) is 14.9. The molecule has 1 heterocycles. The van der Waals surface area contributed by atoms with Crippen LogP contribution in [-0.4, -0.2) is 9.97 Å². The van der Waals surface area contributed by atoms with Crippen molar-refractivity contribution < 1.29 is 0 Å². The lowest BCUT2D eigenvalue weighted by Gasteiger charge is -2.21. The molecule has 0 bridgehead atoms. The summed E-state index contributed by atoms with van der Waals surface area (Å²) in [6.07, 6.45) is 9.80. The Morgan fingerprint density at radius 1 is 0.870 bits per heavy atom. The molecule has 0 aliphatic heterocycles. The highest BCUT2D eigenvalue weighted by atomic mass is 15.0. The molecule has 2 unspecified atom stereocenters. The summed E-state index contributed by atoms with van der Waals surface area (Å²) >= 11 is 0. The number of aromatic nitrogens is 2. The number of imidazole rings is 1. The van der Waals surface area contributed by atoms with Crippen LogP contribution in [0, 0.1) is 0 Å². The fourth-order valence-corrected chi connectivity index (χ4v) is 3.87. The molecule has 0 radical (unpaired) electrons. The van der Waals surface area contributed by atoms with Crippen LogP contribution in [0.5, 0.6) is 0 Å². The van der Waals surface area contributed by atoms with Gasteiger partial charge in [0.15, 0.2) is 0 Å². The summed E-state index contributed by atoms with van der Waals surface area (Å²) < 4.78 is 0. The minimum absolute atomic E-state index is 0.150. The Kier molecular flexibility index (Phi) is 8.36. The first-order valence-corrected chi connectivity index (χ1v) is 10.0. The molecule has 0 spiro atoms. The van der Waals surface area contributed by atoms with Crippen LogP contribution in [0.3, 0.4) is 0 Å². The molecular weight excluding hydrogens is 280 g/mol. The fourth-order valence-electron chi connectivity index (χ4n) is 3.87. The molecule has 1 N–H and O–H groups in total. The highest BCUT2D eigenvalue weighted by molar-refractivity contribution is 5.26. The zero-order valence-corrected chi connectivity index (χ0v) is 16.8.